The molecule has 1 rings (SSSR count). The highest BCUT2D eigenvalue weighted by Gasteiger charge is 2.11. The van der Waals surface area contributed by atoms with E-state index in [0.717, 1.165) is 27.4 Å². The van der Waals surface area contributed by atoms with Crippen molar-refractivity contribution in [2.45, 2.75) is 70.8 Å². The maximum atomic E-state index is 10.2. The van der Waals surface area contributed by atoms with Crippen LogP contribution < -0.4 is 0 Å². The van der Waals surface area contributed by atoms with Crippen LogP contribution in [0.4, 0.5) is 0 Å². The Bertz CT molecular complexity index is 379. The van der Waals surface area contributed by atoms with Crippen molar-refractivity contribution in [2.24, 2.45) is 0 Å². The molecule has 0 radical (unpaired) electrons. The Morgan fingerprint density at radius 2 is 1.55 bits per heavy atom. The number of aliphatic hydroxyl groups excluding tert-OH is 1. The van der Waals surface area contributed by atoms with Crippen LogP contribution in [0.15, 0.2) is 27.1 Å². The van der Waals surface area contributed by atoms with Crippen molar-refractivity contribution in [2.75, 3.05) is 0 Å². The van der Waals surface area contributed by atoms with E-state index in [0.29, 0.717) is 0 Å². The monoisotopic (exact) mass is 404 g/mol. The highest BCUT2D eigenvalue weighted by molar-refractivity contribution is 9.11. The molecule has 1 aromatic carbocycles. The van der Waals surface area contributed by atoms with Crippen LogP contribution >= 0.6 is 31.9 Å². The fraction of sp³-hybridized carbons (Fsp3) is 0.647. The Morgan fingerprint density at radius 3 is 2.20 bits per heavy atom. The molecule has 0 heterocycles. The molecule has 0 aliphatic carbocycles. The summed E-state index contributed by atoms with van der Waals surface area (Å²) in [4.78, 5) is 0. The van der Waals surface area contributed by atoms with Gasteiger partial charge in [0.05, 0.1) is 6.10 Å². The number of hydrogen-bond donors (Lipinski definition) is 1. The molecule has 0 saturated carbocycles. The van der Waals surface area contributed by atoms with Crippen molar-refractivity contribution in [1.82, 2.24) is 0 Å². The molecule has 0 amide bonds. The van der Waals surface area contributed by atoms with Gasteiger partial charge < -0.3 is 5.11 Å². The quantitative estimate of drug-likeness (QED) is 0.425. The van der Waals surface area contributed by atoms with Crippen molar-refractivity contribution in [1.29, 1.82) is 0 Å². The molecule has 0 bridgehead atoms. The normalized spacial score (nSPS) is 12.6. The van der Waals surface area contributed by atoms with E-state index in [1.807, 2.05) is 18.2 Å². The molecule has 20 heavy (non-hydrogen) atoms. The molecule has 1 atom stereocenters. The first-order chi connectivity index (χ1) is 9.65. The zero-order valence-electron chi connectivity index (χ0n) is 12.4. The highest BCUT2D eigenvalue weighted by Crippen LogP contribution is 2.29. The van der Waals surface area contributed by atoms with Gasteiger partial charge in [-0.2, -0.15) is 0 Å². The summed E-state index contributed by atoms with van der Waals surface area (Å²) in [6, 6.07) is 5.96. The van der Waals surface area contributed by atoms with Crippen LogP contribution in [0, 0.1) is 0 Å². The lowest BCUT2D eigenvalue weighted by Crippen LogP contribution is -1.98. The molecular formula is C17H26Br2O. The van der Waals surface area contributed by atoms with E-state index < -0.39 is 0 Å². The molecule has 0 aromatic heterocycles. The molecule has 1 nitrogen and oxygen atoms in total. The van der Waals surface area contributed by atoms with Crippen molar-refractivity contribution in [3.8, 4) is 0 Å². The van der Waals surface area contributed by atoms with Gasteiger partial charge in [0, 0.05) is 8.95 Å². The predicted molar refractivity (Wildman–Crippen MR) is 94.0 cm³/mol. The molecule has 1 unspecified atom stereocenters. The number of rotatable bonds is 10. The SMILES string of the molecule is CCCCCCCCCCC(O)c1cc(Br)ccc1Br. The van der Waals surface area contributed by atoms with Crippen molar-refractivity contribution in [3.05, 3.63) is 32.7 Å². The Kier molecular flexibility index (Phi) is 9.83. The predicted octanol–water partition coefficient (Wildman–Crippen LogP) is 6.78. The lowest BCUT2D eigenvalue weighted by Gasteiger charge is -2.13. The van der Waals surface area contributed by atoms with Crippen LogP contribution in [0.3, 0.4) is 0 Å². The second-order valence-corrected chi connectivity index (χ2v) is 7.22. The first-order valence-electron chi connectivity index (χ1n) is 7.78. The number of benzene rings is 1. The van der Waals surface area contributed by atoms with Crippen molar-refractivity contribution < 1.29 is 5.11 Å². The molecular weight excluding hydrogens is 380 g/mol. The Morgan fingerprint density at radius 1 is 0.950 bits per heavy atom. The second-order valence-electron chi connectivity index (χ2n) is 5.45. The third-order valence-electron chi connectivity index (χ3n) is 3.65. The maximum Gasteiger partial charge on any atom is 0.0801 e. The minimum atomic E-state index is -0.359. The summed E-state index contributed by atoms with van der Waals surface area (Å²) in [6.07, 6.45) is 10.9. The van der Waals surface area contributed by atoms with Gasteiger partial charge >= 0.3 is 0 Å². The summed E-state index contributed by atoms with van der Waals surface area (Å²) in [5, 5.41) is 10.2. The third kappa shape index (κ3) is 7.24. The molecule has 0 spiro atoms. The van der Waals surface area contributed by atoms with E-state index in [4.69, 9.17) is 0 Å². The molecule has 0 aliphatic rings. The van der Waals surface area contributed by atoms with Gasteiger partial charge in [0.15, 0.2) is 0 Å². The molecule has 1 N–H and O–H groups in total. The Labute approximate surface area is 140 Å². The summed E-state index contributed by atoms with van der Waals surface area (Å²) < 4.78 is 2.01. The van der Waals surface area contributed by atoms with E-state index in [1.165, 1.54) is 44.9 Å². The Balaban J connectivity index is 2.17. The smallest absolute Gasteiger partial charge is 0.0801 e. The maximum absolute atomic E-state index is 10.2. The molecule has 3 heteroatoms. The van der Waals surface area contributed by atoms with Gasteiger partial charge in [-0.3, -0.25) is 0 Å². The van der Waals surface area contributed by atoms with Gasteiger partial charge in [-0.05, 0) is 30.2 Å². The average molecular weight is 406 g/mol. The number of unbranched alkanes of at least 4 members (excludes halogenated alkanes) is 7. The van der Waals surface area contributed by atoms with Gasteiger partial charge in [0.25, 0.3) is 0 Å². The second kappa shape index (κ2) is 10.8. The first-order valence-corrected chi connectivity index (χ1v) is 9.36. The average Bonchev–Trinajstić information content (AvgIpc) is 2.44. The minimum absolute atomic E-state index is 0.359. The van der Waals surface area contributed by atoms with Gasteiger partial charge in [-0.1, -0.05) is 90.2 Å². The van der Waals surface area contributed by atoms with E-state index in [1.54, 1.807) is 0 Å². The van der Waals surface area contributed by atoms with E-state index >= 15 is 0 Å². The first kappa shape index (κ1) is 18.2. The van der Waals surface area contributed by atoms with E-state index in [-0.39, 0.29) is 6.10 Å². The van der Waals surface area contributed by atoms with Crippen molar-refractivity contribution in [3.63, 3.8) is 0 Å². The van der Waals surface area contributed by atoms with Gasteiger partial charge in [-0.25, -0.2) is 0 Å². The largest absolute Gasteiger partial charge is 0.388 e. The summed E-state index contributed by atoms with van der Waals surface area (Å²) >= 11 is 6.96. The van der Waals surface area contributed by atoms with Crippen LogP contribution in [-0.2, 0) is 0 Å². The summed E-state index contributed by atoms with van der Waals surface area (Å²) in [7, 11) is 0. The van der Waals surface area contributed by atoms with Gasteiger partial charge in [-0.15, -0.1) is 0 Å². The molecule has 0 saturated heterocycles. The van der Waals surface area contributed by atoms with Crippen molar-refractivity contribution >= 4 is 31.9 Å². The van der Waals surface area contributed by atoms with Gasteiger partial charge in [0.1, 0.15) is 0 Å². The lowest BCUT2D eigenvalue weighted by molar-refractivity contribution is 0.162. The molecule has 0 aliphatic heterocycles. The molecule has 1 aromatic rings. The topological polar surface area (TPSA) is 20.2 Å². The van der Waals surface area contributed by atoms with Crippen LogP contribution in [0.2, 0.25) is 0 Å². The summed E-state index contributed by atoms with van der Waals surface area (Å²) in [5.41, 5.74) is 0.988. The zero-order chi connectivity index (χ0) is 14.8. The van der Waals surface area contributed by atoms with Gasteiger partial charge in [0.2, 0.25) is 0 Å². The van der Waals surface area contributed by atoms with Crippen LogP contribution in [0.5, 0.6) is 0 Å². The fourth-order valence-electron chi connectivity index (χ4n) is 2.40. The number of aliphatic hydroxyl groups is 1. The number of hydrogen-bond acceptors (Lipinski definition) is 1. The Hall–Kier alpha value is 0.140. The lowest BCUT2D eigenvalue weighted by atomic mass is 10.0. The summed E-state index contributed by atoms with van der Waals surface area (Å²) in [5.74, 6) is 0. The standard InChI is InChI=1S/C17H26Br2O/c1-2-3-4-5-6-7-8-9-10-17(20)15-13-14(18)11-12-16(15)19/h11-13,17,20H,2-10H2,1H3. The van der Waals surface area contributed by atoms with Crippen LogP contribution in [-0.4, -0.2) is 5.11 Å². The molecule has 0 fully saturated rings. The van der Waals surface area contributed by atoms with E-state index in [9.17, 15) is 5.11 Å². The van der Waals surface area contributed by atoms with E-state index in [2.05, 4.69) is 38.8 Å². The minimum Gasteiger partial charge on any atom is -0.388 e. The number of halogens is 2. The highest BCUT2D eigenvalue weighted by atomic mass is 79.9. The van der Waals surface area contributed by atoms with Crippen LogP contribution in [0.25, 0.3) is 0 Å². The fourth-order valence-corrected chi connectivity index (χ4v) is 3.29. The molecule has 114 valence electrons. The third-order valence-corrected chi connectivity index (χ3v) is 4.86. The van der Waals surface area contributed by atoms with Crippen LogP contribution in [0.1, 0.15) is 76.4 Å². The zero-order valence-corrected chi connectivity index (χ0v) is 15.5. The summed E-state index contributed by atoms with van der Waals surface area (Å²) in [6.45, 7) is 2.25.